The number of nitrogens with two attached hydrogens (primary N) is 1. The van der Waals surface area contributed by atoms with E-state index in [0.717, 1.165) is 25.1 Å². The zero-order chi connectivity index (χ0) is 13.4. The van der Waals surface area contributed by atoms with Crippen LogP contribution in [0.25, 0.3) is 0 Å². The second kappa shape index (κ2) is 7.42. The first kappa shape index (κ1) is 15.0. The molecule has 0 atom stereocenters. The lowest BCUT2D eigenvalue weighted by Gasteiger charge is -2.32. The second-order valence-corrected chi connectivity index (χ2v) is 5.07. The summed E-state index contributed by atoms with van der Waals surface area (Å²) in [4.78, 5) is 0. The van der Waals surface area contributed by atoms with E-state index in [2.05, 4.69) is 38.2 Å². The number of benzene rings is 1. The molecule has 0 saturated carbocycles. The Morgan fingerprint density at radius 2 is 1.67 bits per heavy atom. The van der Waals surface area contributed by atoms with Crippen LogP contribution in [-0.2, 0) is 6.42 Å². The van der Waals surface area contributed by atoms with Crippen LogP contribution in [0, 0.1) is 0 Å². The predicted molar refractivity (Wildman–Crippen MR) is 80.8 cm³/mol. The highest BCUT2D eigenvalue weighted by molar-refractivity contribution is 5.46. The van der Waals surface area contributed by atoms with Crippen molar-refractivity contribution in [3.63, 3.8) is 0 Å². The molecule has 0 aliphatic carbocycles. The molecule has 2 heteroatoms. The van der Waals surface area contributed by atoms with Crippen LogP contribution in [0.5, 0.6) is 0 Å². The summed E-state index contributed by atoms with van der Waals surface area (Å²) in [5.74, 6) is 0. The van der Waals surface area contributed by atoms with Crippen molar-refractivity contribution >= 4 is 5.69 Å². The Bertz CT molecular complexity index is 334. The van der Waals surface area contributed by atoms with E-state index >= 15 is 0 Å². The summed E-state index contributed by atoms with van der Waals surface area (Å²) in [7, 11) is 0. The van der Waals surface area contributed by atoms with Crippen molar-refractivity contribution in [3.8, 4) is 0 Å². The van der Waals surface area contributed by atoms with Gasteiger partial charge in [-0.1, -0.05) is 39.0 Å². The first-order valence-electron chi connectivity index (χ1n) is 7.26. The van der Waals surface area contributed by atoms with E-state index in [1.54, 1.807) is 0 Å². The van der Waals surface area contributed by atoms with Gasteiger partial charge in [0.2, 0.25) is 0 Å². The number of nitrogens with one attached hydrogen (secondary N) is 1. The van der Waals surface area contributed by atoms with Gasteiger partial charge >= 0.3 is 0 Å². The van der Waals surface area contributed by atoms with Gasteiger partial charge in [0.25, 0.3) is 0 Å². The van der Waals surface area contributed by atoms with Crippen molar-refractivity contribution in [2.75, 3.05) is 12.3 Å². The standard InChI is InChI=1S/C16H28N2/c1-4-16(5-2,6-3)18-13-9-11-14-10-7-8-12-15(14)17/h7-8,10,12,18H,4-6,9,11,13,17H2,1-3H3. The fourth-order valence-electron chi connectivity index (χ4n) is 2.52. The molecule has 0 radical (unpaired) electrons. The molecule has 0 bridgehead atoms. The monoisotopic (exact) mass is 248 g/mol. The van der Waals surface area contributed by atoms with E-state index < -0.39 is 0 Å². The fourth-order valence-corrected chi connectivity index (χ4v) is 2.52. The third-order valence-electron chi connectivity index (χ3n) is 4.21. The molecule has 0 heterocycles. The summed E-state index contributed by atoms with van der Waals surface area (Å²) in [5.41, 5.74) is 8.48. The molecule has 0 spiro atoms. The third kappa shape index (κ3) is 4.02. The Morgan fingerprint density at radius 3 is 2.22 bits per heavy atom. The average molecular weight is 248 g/mol. The first-order valence-corrected chi connectivity index (χ1v) is 7.26. The van der Waals surface area contributed by atoms with Crippen molar-refractivity contribution < 1.29 is 0 Å². The summed E-state index contributed by atoms with van der Waals surface area (Å²) in [6, 6.07) is 8.17. The summed E-state index contributed by atoms with van der Waals surface area (Å²) >= 11 is 0. The number of rotatable bonds is 8. The van der Waals surface area contributed by atoms with Gasteiger partial charge in [-0.3, -0.25) is 0 Å². The van der Waals surface area contributed by atoms with Crippen molar-refractivity contribution in [1.29, 1.82) is 0 Å². The maximum Gasteiger partial charge on any atom is 0.0346 e. The molecule has 0 aromatic heterocycles. The molecular weight excluding hydrogens is 220 g/mol. The molecule has 1 aromatic carbocycles. The van der Waals surface area contributed by atoms with E-state index in [9.17, 15) is 0 Å². The van der Waals surface area contributed by atoms with Gasteiger partial charge in [-0.05, 0) is 50.3 Å². The van der Waals surface area contributed by atoms with Crippen molar-refractivity contribution in [3.05, 3.63) is 29.8 Å². The fraction of sp³-hybridized carbons (Fsp3) is 0.625. The third-order valence-corrected chi connectivity index (χ3v) is 4.21. The van der Waals surface area contributed by atoms with Gasteiger partial charge in [-0.25, -0.2) is 0 Å². The van der Waals surface area contributed by atoms with Crippen molar-refractivity contribution in [2.24, 2.45) is 0 Å². The van der Waals surface area contributed by atoms with Crippen LogP contribution in [0.15, 0.2) is 24.3 Å². The van der Waals surface area contributed by atoms with E-state index in [-0.39, 0.29) is 0 Å². The molecule has 1 rings (SSSR count). The van der Waals surface area contributed by atoms with E-state index in [4.69, 9.17) is 5.73 Å². The van der Waals surface area contributed by atoms with Gasteiger partial charge in [0, 0.05) is 11.2 Å². The van der Waals surface area contributed by atoms with Crippen molar-refractivity contribution in [2.45, 2.75) is 58.4 Å². The predicted octanol–water partition coefficient (Wildman–Crippen LogP) is 3.76. The minimum atomic E-state index is 0.336. The molecule has 0 fully saturated rings. The number of para-hydroxylation sites is 1. The van der Waals surface area contributed by atoms with Crippen LogP contribution in [0.2, 0.25) is 0 Å². The topological polar surface area (TPSA) is 38.0 Å². The lowest BCUT2D eigenvalue weighted by Crippen LogP contribution is -2.44. The van der Waals surface area contributed by atoms with Gasteiger partial charge in [-0.2, -0.15) is 0 Å². The molecule has 18 heavy (non-hydrogen) atoms. The Hall–Kier alpha value is -1.02. The van der Waals surface area contributed by atoms with Gasteiger partial charge in [0.15, 0.2) is 0 Å². The molecular formula is C16H28N2. The molecule has 0 aliphatic heterocycles. The molecule has 2 nitrogen and oxygen atoms in total. The largest absolute Gasteiger partial charge is 0.399 e. The van der Waals surface area contributed by atoms with Gasteiger partial charge in [0.1, 0.15) is 0 Å². The normalized spacial score (nSPS) is 11.7. The van der Waals surface area contributed by atoms with Crippen LogP contribution in [-0.4, -0.2) is 12.1 Å². The SMILES string of the molecule is CCC(CC)(CC)NCCCc1ccccc1N. The first-order chi connectivity index (χ1) is 8.67. The molecule has 0 unspecified atom stereocenters. The highest BCUT2D eigenvalue weighted by atomic mass is 15.0. The molecule has 102 valence electrons. The van der Waals surface area contributed by atoms with E-state index in [1.165, 1.54) is 24.8 Å². The van der Waals surface area contributed by atoms with Gasteiger partial charge in [0.05, 0.1) is 0 Å². The summed E-state index contributed by atoms with van der Waals surface area (Å²) in [5, 5.41) is 3.73. The van der Waals surface area contributed by atoms with Crippen molar-refractivity contribution in [1.82, 2.24) is 5.32 Å². The minimum absolute atomic E-state index is 0.336. The lowest BCUT2D eigenvalue weighted by molar-refractivity contribution is 0.290. The van der Waals surface area contributed by atoms with Crippen LogP contribution in [0.3, 0.4) is 0 Å². The highest BCUT2D eigenvalue weighted by Crippen LogP contribution is 2.19. The minimum Gasteiger partial charge on any atom is -0.399 e. The second-order valence-electron chi connectivity index (χ2n) is 5.07. The zero-order valence-electron chi connectivity index (χ0n) is 12.1. The van der Waals surface area contributed by atoms with E-state index in [0.29, 0.717) is 5.54 Å². The molecule has 0 amide bonds. The summed E-state index contributed by atoms with van der Waals surface area (Å²) in [6.45, 7) is 7.89. The van der Waals surface area contributed by atoms with Crippen LogP contribution in [0.1, 0.15) is 52.0 Å². The average Bonchev–Trinajstić information content (AvgIpc) is 2.42. The summed E-state index contributed by atoms with van der Waals surface area (Å²) in [6.07, 6.45) is 5.82. The Balaban J connectivity index is 2.37. The number of aryl methyl sites for hydroxylation is 1. The maximum absolute atomic E-state index is 5.95. The highest BCUT2D eigenvalue weighted by Gasteiger charge is 2.21. The molecule has 0 saturated heterocycles. The van der Waals surface area contributed by atoms with Crippen LogP contribution in [0.4, 0.5) is 5.69 Å². The number of hydrogen-bond acceptors (Lipinski definition) is 2. The van der Waals surface area contributed by atoms with E-state index in [1.807, 2.05) is 12.1 Å². The molecule has 3 N–H and O–H groups in total. The zero-order valence-corrected chi connectivity index (χ0v) is 12.1. The van der Waals surface area contributed by atoms with Gasteiger partial charge in [-0.15, -0.1) is 0 Å². The number of hydrogen-bond donors (Lipinski definition) is 2. The van der Waals surface area contributed by atoms with Crippen LogP contribution < -0.4 is 11.1 Å². The number of nitrogen functional groups attached to an aromatic ring is 1. The maximum atomic E-state index is 5.95. The molecule has 0 aliphatic rings. The Labute approximate surface area is 112 Å². The smallest absolute Gasteiger partial charge is 0.0346 e. The molecule has 1 aromatic rings. The Kier molecular flexibility index (Phi) is 6.20. The van der Waals surface area contributed by atoms with Crippen LogP contribution >= 0.6 is 0 Å². The quantitative estimate of drug-likeness (QED) is 0.543. The van der Waals surface area contributed by atoms with Gasteiger partial charge < -0.3 is 11.1 Å². The summed E-state index contributed by atoms with van der Waals surface area (Å²) < 4.78 is 0. The Morgan fingerprint density at radius 1 is 1.06 bits per heavy atom. The number of anilines is 1. The lowest BCUT2D eigenvalue weighted by atomic mass is 9.89.